The Labute approximate surface area is 164 Å². The number of Topliss-reactive ketones (excluding diaryl/α,β-unsaturated/α-hetero) is 1. The number of hydrogen-bond acceptors (Lipinski definition) is 5. The number of hydrogen-bond donors (Lipinski definition) is 1. The molecule has 6 nitrogen and oxygen atoms in total. The second kappa shape index (κ2) is 8.27. The second-order valence-electron chi connectivity index (χ2n) is 6.60. The molecule has 6 heteroatoms. The molecule has 0 radical (unpaired) electrons. The Morgan fingerprint density at radius 2 is 1.86 bits per heavy atom. The van der Waals surface area contributed by atoms with Crippen molar-refractivity contribution in [3.05, 3.63) is 70.8 Å². The molecule has 146 valence electrons. The zero-order valence-corrected chi connectivity index (χ0v) is 16.1. The highest BCUT2D eigenvalue weighted by Crippen LogP contribution is 2.40. The molecule has 1 N–H and O–H groups in total. The fraction of sp³-hybridized carbons (Fsp3) is 0.273. The Balaban J connectivity index is 2.21. The van der Waals surface area contributed by atoms with Gasteiger partial charge in [-0.3, -0.25) is 9.59 Å². The quantitative estimate of drug-likeness (QED) is 0.473. The van der Waals surface area contributed by atoms with E-state index in [1.54, 1.807) is 24.3 Å². The van der Waals surface area contributed by atoms with Gasteiger partial charge in [0.2, 0.25) is 0 Å². The molecule has 0 aromatic heterocycles. The first-order valence-electron chi connectivity index (χ1n) is 8.97. The summed E-state index contributed by atoms with van der Waals surface area (Å²) < 4.78 is 10.4. The van der Waals surface area contributed by atoms with Crippen LogP contribution in [0.2, 0.25) is 0 Å². The van der Waals surface area contributed by atoms with Crippen LogP contribution in [0.1, 0.15) is 22.7 Å². The van der Waals surface area contributed by atoms with E-state index in [2.05, 4.69) is 0 Å². The highest BCUT2D eigenvalue weighted by Gasteiger charge is 2.46. The van der Waals surface area contributed by atoms with E-state index in [1.165, 1.54) is 19.1 Å². The molecule has 0 saturated carbocycles. The van der Waals surface area contributed by atoms with Crippen LogP contribution in [0.25, 0.3) is 5.76 Å². The van der Waals surface area contributed by atoms with Gasteiger partial charge in [0.1, 0.15) is 11.5 Å². The Morgan fingerprint density at radius 3 is 2.54 bits per heavy atom. The van der Waals surface area contributed by atoms with Crippen LogP contribution in [0, 0.1) is 6.92 Å². The Bertz CT molecular complexity index is 934. The molecule has 1 aliphatic heterocycles. The summed E-state index contributed by atoms with van der Waals surface area (Å²) in [5.74, 6) is -1.20. The van der Waals surface area contributed by atoms with Crippen molar-refractivity contribution in [2.45, 2.75) is 13.0 Å². The Morgan fingerprint density at radius 1 is 1.11 bits per heavy atom. The van der Waals surface area contributed by atoms with E-state index in [0.29, 0.717) is 11.3 Å². The molecule has 1 atom stereocenters. The highest BCUT2D eigenvalue weighted by molar-refractivity contribution is 6.46. The van der Waals surface area contributed by atoms with Gasteiger partial charge < -0.3 is 19.5 Å². The predicted molar refractivity (Wildman–Crippen MR) is 105 cm³/mol. The maximum atomic E-state index is 12.9. The molecule has 2 aromatic carbocycles. The molecule has 0 aliphatic carbocycles. The lowest BCUT2D eigenvalue weighted by molar-refractivity contribution is -0.140. The molecule has 3 rings (SSSR count). The lowest BCUT2D eigenvalue weighted by Crippen LogP contribution is -2.32. The van der Waals surface area contributed by atoms with Crippen LogP contribution in [0.4, 0.5) is 0 Å². The lowest BCUT2D eigenvalue weighted by Gasteiger charge is -2.25. The van der Waals surface area contributed by atoms with Crippen LogP contribution in [0.15, 0.2) is 54.1 Å². The number of nitrogens with zero attached hydrogens (tertiary/aromatic N) is 1. The standard InChI is InChI=1S/C22H23NO5/c1-14-7-6-8-15(13-14)19-18(21(25)22(26)23(19)11-12-27-2)20(24)16-9-4-5-10-17(16)28-3/h4-10,13,19,24H,11-12H2,1-3H3/b20-18-. The maximum Gasteiger partial charge on any atom is 0.295 e. The van der Waals surface area contributed by atoms with Gasteiger partial charge in [0.25, 0.3) is 11.7 Å². The van der Waals surface area contributed by atoms with Crippen molar-refractivity contribution in [1.82, 2.24) is 4.90 Å². The average molecular weight is 381 g/mol. The second-order valence-corrected chi connectivity index (χ2v) is 6.60. The first kappa shape index (κ1) is 19.6. The molecule has 1 fully saturated rings. The maximum absolute atomic E-state index is 12.9. The summed E-state index contributed by atoms with van der Waals surface area (Å²) >= 11 is 0. The van der Waals surface area contributed by atoms with Gasteiger partial charge in [-0.05, 0) is 24.6 Å². The van der Waals surface area contributed by atoms with Crippen LogP contribution >= 0.6 is 0 Å². The van der Waals surface area contributed by atoms with Crippen molar-refractivity contribution in [2.75, 3.05) is 27.4 Å². The van der Waals surface area contributed by atoms with Crippen molar-refractivity contribution in [2.24, 2.45) is 0 Å². The van der Waals surface area contributed by atoms with Crippen molar-refractivity contribution >= 4 is 17.4 Å². The van der Waals surface area contributed by atoms with Crippen molar-refractivity contribution < 1.29 is 24.2 Å². The fourth-order valence-corrected chi connectivity index (χ4v) is 3.47. The number of benzene rings is 2. The normalized spacial score (nSPS) is 18.5. The fourth-order valence-electron chi connectivity index (χ4n) is 3.47. The topological polar surface area (TPSA) is 76.1 Å². The number of carbonyl (C=O) groups excluding carboxylic acids is 2. The summed E-state index contributed by atoms with van der Waals surface area (Å²) in [6.07, 6.45) is 0. The van der Waals surface area contributed by atoms with Crippen molar-refractivity contribution in [1.29, 1.82) is 0 Å². The van der Waals surface area contributed by atoms with Crippen molar-refractivity contribution in [3.8, 4) is 5.75 Å². The number of aliphatic hydroxyl groups excluding tert-OH is 1. The van der Waals surface area contributed by atoms with Gasteiger partial charge in [-0.25, -0.2) is 0 Å². The zero-order valence-electron chi connectivity index (χ0n) is 16.1. The molecular formula is C22H23NO5. The number of ketones is 1. The van der Waals surface area contributed by atoms with Gasteiger partial charge in [0.15, 0.2) is 0 Å². The largest absolute Gasteiger partial charge is 0.507 e. The van der Waals surface area contributed by atoms with E-state index in [-0.39, 0.29) is 24.5 Å². The Kier molecular flexibility index (Phi) is 5.80. The SMILES string of the molecule is COCCN1C(=O)C(=O)/C(=C(\O)c2ccccc2OC)C1c1cccc(C)c1. The van der Waals surface area contributed by atoms with Gasteiger partial charge in [-0.15, -0.1) is 0 Å². The van der Waals surface area contributed by atoms with Gasteiger partial charge in [0, 0.05) is 13.7 Å². The number of rotatable bonds is 6. The van der Waals surface area contributed by atoms with Gasteiger partial charge in [-0.1, -0.05) is 42.0 Å². The molecule has 0 spiro atoms. The highest BCUT2D eigenvalue weighted by atomic mass is 16.5. The molecule has 28 heavy (non-hydrogen) atoms. The third-order valence-corrected chi connectivity index (χ3v) is 4.80. The summed E-state index contributed by atoms with van der Waals surface area (Å²) in [6.45, 7) is 2.46. The number of ether oxygens (including phenoxy) is 2. The number of amides is 1. The Hall–Kier alpha value is -3.12. The van der Waals surface area contributed by atoms with Crippen LogP contribution < -0.4 is 4.74 Å². The minimum atomic E-state index is -0.717. The number of likely N-dealkylation sites (tertiary alicyclic amines) is 1. The molecule has 1 unspecified atom stereocenters. The first-order valence-corrected chi connectivity index (χ1v) is 8.97. The van der Waals surface area contributed by atoms with Crippen LogP contribution in [-0.4, -0.2) is 49.1 Å². The zero-order chi connectivity index (χ0) is 20.3. The van der Waals surface area contributed by atoms with Crippen LogP contribution in [-0.2, 0) is 14.3 Å². The first-order chi connectivity index (χ1) is 13.5. The summed E-state index contributed by atoms with van der Waals surface area (Å²) in [6, 6.07) is 13.7. The molecule has 0 bridgehead atoms. The monoisotopic (exact) mass is 381 g/mol. The molecular weight excluding hydrogens is 358 g/mol. The lowest BCUT2D eigenvalue weighted by atomic mass is 9.94. The van der Waals surface area contributed by atoms with E-state index in [9.17, 15) is 14.7 Å². The summed E-state index contributed by atoms with van der Waals surface area (Å²) in [4.78, 5) is 27.0. The van der Waals surface area contributed by atoms with Gasteiger partial charge in [0.05, 0.1) is 30.9 Å². The van der Waals surface area contributed by atoms with E-state index in [1.807, 2.05) is 31.2 Å². The van der Waals surface area contributed by atoms with Gasteiger partial charge in [-0.2, -0.15) is 0 Å². The van der Waals surface area contributed by atoms with E-state index in [0.717, 1.165) is 11.1 Å². The number of methoxy groups -OCH3 is 2. The molecule has 1 saturated heterocycles. The van der Waals surface area contributed by atoms with E-state index < -0.39 is 17.7 Å². The third-order valence-electron chi connectivity index (χ3n) is 4.80. The average Bonchev–Trinajstić information content (AvgIpc) is 2.96. The molecule has 2 aromatic rings. The smallest absolute Gasteiger partial charge is 0.295 e. The van der Waals surface area contributed by atoms with Crippen molar-refractivity contribution in [3.63, 3.8) is 0 Å². The van der Waals surface area contributed by atoms with E-state index in [4.69, 9.17) is 9.47 Å². The van der Waals surface area contributed by atoms with Crippen LogP contribution in [0.5, 0.6) is 5.75 Å². The number of para-hydroxylation sites is 1. The minimum Gasteiger partial charge on any atom is -0.507 e. The van der Waals surface area contributed by atoms with E-state index >= 15 is 0 Å². The summed E-state index contributed by atoms with van der Waals surface area (Å²) in [7, 11) is 3.02. The molecule has 1 aliphatic rings. The summed E-state index contributed by atoms with van der Waals surface area (Å²) in [5.41, 5.74) is 2.17. The summed E-state index contributed by atoms with van der Waals surface area (Å²) in [5, 5.41) is 11.0. The minimum absolute atomic E-state index is 0.0520. The third kappa shape index (κ3) is 3.51. The predicted octanol–water partition coefficient (Wildman–Crippen LogP) is 3.07. The van der Waals surface area contributed by atoms with Crippen LogP contribution in [0.3, 0.4) is 0 Å². The number of aryl methyl sites for hydroxylation is 1. The number of carbonyl (C=O) groups is 2. The molecule has 1 heterocycles. The molecule has 1 amide bonds. The number of aliphatic hydroxyl groups is 1. The van der Waals surface area contributed by atoms with Gasteiger partial charge >= 0.3 is 0 Å².